The van der Waals surface area contributed by atoms with Crippen LogP contribution in [0.25, 0.3) is 0 Å². The van der Waals surface area contributed by atoms with Gasteiger partial charge in [-0.1, -0.05) is 19.4 Å². The average Bonchev–Trinajstić information content (AvgIpc) is 2.74. The maximum atomic E-state index is 10.1. The molecule has 1 fully saturated rings. The summed E-state index contributed by atoms with van der Waals surface area (Å²) in [5, 5.41) is 10.1. The van der Waals surface area contributed by atoms with E-state index in [-0.39, 0.29) is 0 Å². The molecule has 1 N–H and O–H groups in total. The van der Waals surface area contributed by atoms with Gasteiger partial charge in [0.15, 0.2) is 11.5 Å². The Bertz CT molecular complexity index is 441. The molecular weight excluding hydrogens is 230 g/mol. The summed E-state index contributed by atoms with van der Waals surface area (Å²) in [5.74, 6) is 1.65. The van der Waals surface area contributed by atoms with Crippen LogP contribution in [0.5, 0.6) is 11.5 Å². The molecule has 1 aromatic carbocycles. The van der Waals surface area contributed by atoms with Gasteiger partial charge in [0, 0.05) is 19.6 Å². The van der Waals surface area contributed by atoms with E-state index in [1.54, 1.807) is 0 Å². The number of fused-ring (bicyclic) bond motifs is 1. The van der Waals surface area contributed by atoms with Gasteiger partial charge in [-0.15, -0.1) is 0 Å². The minimum atomic E-state index is -0.453. The summed E-state index contributed by atoms with van der Waals surface area (Å²) in [6.45, 7) is 4.84. The molecule has 3 rings (SSSR count). The zero-order valence-electron chi connectivity index (χ0n) is 10.7. The predicted octanol–water partition coefficient (Wildman–Crippen LogP) is 1.76. The summed E-state index contributed by atoms with van der Waals surface area (Å²) in [5.41, 5.74) is 0.753. The summed E-state index contributed by atoms with van der Waals surface area (Å²) in [4.78, 5) is 2.26. The molecule has 0 amide bonds. The normalized spacial score (nSPS) is 20.8. The topological polar surface area (TPSA) is 41.9 Å². The predicted molar refractivity (Wildman–Crippen MR) is 67.7 cm³/mol. The second-order valence-corrected chi connectivity index (χ2v) is 5.31. The largest absolute Gasteiger partial charge is 0.454 e. The van der Waals surface area contributed by atoms with Crippen molar-refractivity contribution in [3.63, 3.8) is 0 Å². The first kappa shape index (κ1) is 11.8. The molecule has 0 radical (unpaired) electrons. The Morgan fingerprint density at radius 3 is 2.83 bits per heavy atom. The van der Waals surface area contributed by atoms with E-state index in [0.717, 1.165) is 44.0 Å². The van der Waals surface area contributed by atoms with Crippen molar-refractivity contribution in [1.29, 1.82) is 0 Å². The summed E-state index contributed by atoms with van der Waals surface area (Å²) in [6.07, 6.45) is 1.93. The fourth-order valence-corrected chi connectivity index (χ4v) is 2.82. The first-order valence-corrected chi connectivity index (χ1v) is 6.52. The van der Waals surface area contributed by atoms with E-state index in [1.807, 2.05) is 12.1 Å². The van der Waals surface area contributed by atoms with Crippen molar-refractivity contribution in [2.45, 2.75) is 31.9 Å². The molecule has 18 heavy (non-hydrogen) atoms. The Morgan fingerprint density at radius 1 is 1.28 bits per heavy atom. The Balaban J connectivity index is 1.59. The van der Waals surface area contributed by atoms with Gasteiger partial charge in [-0.2, -0.15) is 0 Å². The Labute approximate surface area is 107 Å². The molecule has 1 aromatic rings. The van der Waals surface area contributed by atoms with Crippen LogP contribution in [0.4, 0.5) is 0 Å². The number of likely N-dealkylation sites (tertiary alicyclic amines) is 1. The molecule has 0 spiro atoms. The van der Waals surface area contributed by atoms with Crippen LogP contribution in [0, 0.1) is 0 Å². The molecule has 0 aromatic heterocycles. The lowest BCUT2D eigenvalue weighted by atomic mass is 9.89. The van der Waals surface area contributed by atoms with Gasteiger partial charge in [-0.05, 0) is 24.1 Å². The average molecular weight is 249 g/mol. The van der Waals surface area contributed by atoms with E-state index in [0.29, 0.717) is 6.79 Å². The molecule has 1 saturated heterocycles. The number of nitrogens with zero attached hydrogens (tertiary/aromatic N) is 1. The van der Waals surface area contributed by atoms with Crippen molar-refractivity contribution < 1.29 is 14.6 Å². The van der Waals surface area contributed by atoms with Gasteiger partial charge in [0.1, 0.15) is 0 Å². The zero-order valence-corrected chi connectivity index (χ0v) is 10.7. The highest BCUT2D eigenvalue weighted by molar-refractivity contribution is 5.44. The number of rotatable bonds is 4. The number of hydrogen-bond acceptors (Lipinski definition) is 4. The third-order valence-corrected chi connectivity index (χ3v) is 3.59. The van der Waals surface area contributed by atoms with Crippen molar-refractivity contribution in [1.82, 2.24) is 4.90 Å². The van der Waals surface area contributed by atoms with Crippen molar-refractivity contribution in [2.24, 2.45) is 0 Å². The van der Waals surface area contributed by atoms with E-state index in [9.17, 15) is 5.11 Å². The first-order valence-electron chi connectivity index (χ1n) is 6.52. The quantitative estimate of drug-likeness (QED) is 0.883. The molecule has 98 valence electrons. The van der Waals surface area contributed by atoms with E-state index in [2.05, 4.69) is 17.9 Å². The minimum absolute atomic E-state index is 0.318. The Morgan fingerprint density at radius 2 is 2.06 bits per heavy atom. The van der Waals surface area contributed by atoms with Crippen LogP contribution in [0.2, 0.25) is 0 Å². The van der Waals surface area contributed by atoms with Crippen LogP contribution < -0.4 is 9.47 Å². The highest BCUT2D eigenvalue weighted by Gasteiger charge is 2.39. The second-order valence-electron chi connectivity index (χ2n) is 5.31. The molecule has 0 unspecified atom stereocenters. The van der Waals surface area contributed by atoms with Gasteiger partial charge in [0.2, 0.25) is 6.79 Å². The highest BCUT2D eigenvalue weighted by Crippen LogP contribution is 2.34. The molecule has 4 nitrogen and oxygen atoms in total. The first-order chi connectivity index (χ1) is 8.68. The molecule has 2 aliphatic rings. The second kappa shape index (κ2) is 4.44. The molecule has 0 aliphatic carbocycles. The summed E-state index contributed by atoms with van der Waals surface area (Å²) in [7, 11) is 0. The fraction of sp³-hybridized carbons (Fsp3) is 0.571. The van der Waals surface area contributed by atoms with Gasteiger partial charge >= 0.3 is 0 Å². The van der Waals surface area contributed by atoms with Gasteiger partial charge in [0.25, 0.3) is 0 Å². The van der Waals surface area contributed by atoms with Gasteiger partial charge in [0.05, 0.1) is 5.60 Å². The van der Waals surface area contributed by atoms with E-state index in [4.69, 9.17) is 9.47 Å². The number of aliphatic hydroxyl groups is 1. The molecule has 0 atom stereocenters. The zero-order chi connectivity index (χ0) is 12.6. The fourth-order valence-electron chi connectivity index (χ4n) is 2.82. The summed E-state index contributed by atoms with van der Waals surface area (Å²) in [6, 6.07) is 6.04. The lowest BCUT2D eigenvalue weighted by Gasteiger charge is -2.46. The van der Waals surface area contributed by atoms with Crippen molar-refractivity contribution in [3.8, 4) is 11.5 Å². The van der Waals surface area contributed by atoms with E-state index >= 15 is 0 Å². The third kappa shape index (κ3) is 2.18. The third-order valence-electron chi connectivity index (χ3n) is 3.59. The van der Waals surface area contributed by atoms with E-state index in [1.165, 1.54) is 5.56 Å². The summed E-state index contributed by atoms with van der Waals surface area (Å²) >= 11 is 0. The summed E-state index contributed by atoms with van der Waals surface area (Å²) < 4.78 is 10.6. The standard InChI is InChI=1S/C14H19NO3/c1-2-5-14(16)8-15(9-14)7-11-3-4-12-13(6-11)18-10-17-12/h3-4,6,16H,2,5,7-10H2,1H3. The Hall–Kier alpha value is -1.26. The maximum Gasteiger partial charge on any atom is 0.231 e. The lowest BCUT2D eigenvalue weighted by molar-refractivity contribution is -0.106. The van der Waals surface area contributed by atoms with Crippen LogP contribution in [-0.2, 0) is 6.54 Å². The molecule has 0 bridgehead atoms. The molecule has 0 saturated carbocycles. The highest BCUT2D eigenvalue weighted by atomic mass is 16.7. The SMILES string of the molecule is CCCC1(O)CN(Cc2ccc3c(c2)OCO3)C1. The van der Waals surface area contributed by atoms with Crippen LogP contribution in [0.1, 0.15) is 25.3 Å². The van der Waals surface area contributed by atoms with Gasteiger partial charge < -0.3 is 14.6 Å². The molecule has 4 heteroatoms. The van der Waals surface area contributed by atoms with Crippen molar-refractivity contribution >= 4 is 0 Å². The minimum Gasteiger partial charge on any atom is -0.454 e. The van der Waals surface area contributed by atoms with Crippen LogP contribution in [0.15, 0.2) is 18.2 Å². The number of hydrogen-bond donors (Lipinski definition) is 1. The van der Waals surface area contributed by atoms with Crippen molar-refractivity contribution in [3.05, 3.63) is 23.8 Å². The molecule has 2 heterocycles. The number of ether oxygens (including phenoxy) is 2. The van der Waals surface area contributed by atoms with E-state index < -0.39 is 5.60 Å². The van der Waals surface area contributed by atoms with Gasteiger partial charge in [-0.25, -0.2) is 0 Å². The smallest absolute Gasteiger partial charge is 0.231 e. The molecule has 2 aliphatic heterocycles. The van der Waals surface area contributed by atoms with Crippen LogP contribution in [0.3, 0.4) is 0 Å². The molecular formula is C14H19NO3. The van der Waals surface area contributed by atoms with Crippen LogP contribution in [-0.4, -0.2) is 35.5 Å². The number of benzene rings is 1. The maximum absolute atomic E-state index is 10.1. The monoisotopic (exact) mass is 249 g/mol. The lowest BCUT2D eigenvalue weighted by Crippen LogP contribution is -2.60. The Kier molecular flexibility index (Phi) is 2.92. The number of β-amino-alcohol motifs (C(OH)–C–C–N with tert-alkyl or cyclic N) is 1. The van der Waals surface area contributed by atoms with Crippen molar-refractivity contribution in [2.75, 3.05) is 19.9 Å². The van der Waals surface area contributed by atoms with Crippen LogP contribution >= 0.6 is 0 Å². The van der Waals surface area contributed by atoms with Gasteiger partial charge in [-0.3, -0.25) is 4.90 Å².